The molecule has 3 heterocycles. The van der Waals surface area contributed by atoms with Crippen molar-refractivity contribution in [3.63, 3.8) is 0 Å². The van der Waals surface area contributed by atoms with Crippen LogP contribution in [0.4, 0.5) is 11.4 Å². The molecule has 8 nitrogen and oxygen atoms in total. The number of ether oxygens (including phenoxy) is 1. The molecule has 1 spiro atoms. The van der Waals surface area contributed by atoms with Crippen LogP contribution < -0.4 is 15.4 Å². The second-order valence-corrected chi connectivity index (χ2v) is 9.50. The maximum absolute atomic E-state index is 13.6. The zero-order chi connectivity index (χ0) is 24.9. The van der Waals surface area contributed by atoms with Gasteiger partial charge in [0.15, 0.2) is 5.78 Å². The van der Waals surface area contributed by atoms with Gasteiger partial charge >= 0.3 is 0 Å². The van der Waals surface area contributed by atoms with E-state index in [1.54, 1.807) is 30.6 Å². The number of para-hydroxylation sites is 1. The number of benzene rings is 2. The fourth-order valence-corrected chi connectivity index (χ4v) is 5.28. The molecule has 9 heteroatoms. The van der Waals surface area contributed by atoms with E-state index in [0.717, 1.165) is 0 Å². The molecule has 1 fully saturated rings. The average Bonchev–Trinajstić information content (AvgIpc) is 3.51. The molecule has 1 saturated carbocycles. The molecule has 178 valence electrons. The van der Waals surface area contributed by atoms with Crippen molar-refractivity contribution in [1.29, 1.82) is 5.26 Å². The number of nitrogens with one attached hydrogen (secondary N) is 3. The highest BCUT2D eigenvalue weighted by Gasteiger charge is 2.48. The van der Waals surface area contributed by atoms with Crippen LogP contribution in [0.5, 0.6) is 11.5 Å². The number of hydrogen-bond acceptors (Lipinski definition) is 6. The maximum atomic E-state index is 13.6. The average molecular weight is 498 g/mol. The largest absolute Gasteiger partial charge is 0.457 e. The third-order valence-electron chi connectivity index (χ3n) is 6.85. The standard InChI is InChI=1S/C27H20ClN5O3/c28-20-10-17(36-16-4-2-1-3-5-16)6-7-18(20)24(34)19-13-30-25-22(19)23-21(14-31-25)32-26(35)27(33-23)9-8-15(11-27)12-29/h1-7,10,13-15,33H,8-9,11H2,(H,30,31)(H,32,35). The molecule has 2 unspecified atom stereocenters. The number of hydrogen-bond donors (Lipinski definition) is 3. The molecule has 1 aliphatic heterocycles. The number of halogens is 1. The van der Waals surface area contributed by atoms with Gasteiger partial charge in [0.05, 0.1) is 39.6 Å². The van der Waals surface area contributed by atoms with Crippen LogP contribution in [0.25, 0.3) is 11.0 Å². The number of carbonyl (C=O) groups is 2. The molecule has 4 aromatic rings. The molecule has 2 aromatic heterocycles. The Bertz CT molecular complexity index is 1580. The molecule has 0 radical (unpaired) electrons. The van der Waals surface area contributed by atoms with E-state index in [4.69, 9.17) is 16.3 Å². The lowest BCUT2D eigenvalue weighted by Gasteiger charge is -2.36. The molecule has 2 atom stereocenters. The third-order valence-corrected chi connectivity index (χ3v) is 7.17. The smallest absolute Gasteiger partial charge is 0.250 e. The Kier molecular flexibility index (Phi) is 5.16. The number of fused-ring (bicyclic) bond motifs is 3. The topological polar surface area (TPSA) is 120 Å². The van der Waals surface area contributed by atoms with Crippen molar-refractivity contribution in [2.24, 2.45) is 5.92 Å². The Morgan fingerprint density at radius 1 is 1.17 bits per heavy atom. The van der Waals surface area contributed by atoms with Crippen LogP contribution >= 0.6 is 11.6 Å². The van der Waals surface area contributed by atoms with Crippen LogP contribution in [-0.2, 0) is 4.79 Å². The van der Waals surface area contributed by atoms with Crippen molar-refractivity contribution in [3.05, 3.63) is 77.1 Å². The summed E-state index contributed by atoms with van der Waals surface area (Å²) < 4.78 is 5.83. The van der Waals surface area contributed by atoms with Crippen molar-refractivity contribution >= 4 is 45.7 Å². The first kappa shape index (κ1) is 22.1. The summed E-state index contributed by atoms with van der Waals surface area (Å²) >= 11 is 6.52. The summed E-state index contributed by atoms with van der Waals surface area (Å²) in [7, 11) is 0. The lowest BCUT2D eigenvalue weighted by Crippen LogP contribution is -2.50. The van der Waals surface area contributed by atoms with Crippen LogP contribution in [0.3, 0.4) is 0 Å². The summed E-state index contributed by atoms with van der Waals surface area (Å²) in [6, 6.07) is 16.5. The molecule has 6 rings (SSSR count). The Morgan fingerprint density at radius 3 is 2.75 bits per heavy atom. The summed E-state index contributed by atoms with van der Waals surface area (Å²) in [6.45, 7) is 0. The van der Waals surface area contributed by atoms with Crippen molar-refractivity contribution in [2.75, 3.05) is 10.6 Å². The first-order chi connectivity index (χ1) is 17.5. The molecule has 2 aliphatic rings. The summed E-state index contributed by atoms with van der Waals surface area (Å²) in [6.07, 6.45) is 4.72. The molecule has 0 saturated heterocycles. The lowest BCUT2D eigenvalue weighted by molar-refractivity contribution is -0.120. The van der Waals surface area contributed by atoms with Crippen LogP contribution in [-0.4, -0.2) is 27.2 Å². The number of nitriles is 1. The second kappa shape index (κ2) is 8.40. The monoisotopic (exact) mass is 497 g/mol. The molecule has 3 N–H and O–H groups in total. The Labute approximate surface area is 211 Å². The van der Waals surface area contributed by atoms with E-state index < -0.39 is 5.54 Å². The van der Waals surface area contributed by atoms with Gasteiger partial charge < -0.3 is 20.4 Å². The van der Waals surface area contributed by atoms with E-state index in [2.05, 4.69) is 26.7 Å². The summed E-state index contributed by atoms with van der Waals surface area (Å²) in [4.78, 5) is 34.0. The van der Waals surface area contributed by atoms with E-state index in [9.17, 15) is 14.9 Å². The number of ketones is 1. The summed E-state index contributed by atoms with van der Waals surface area (Å²) in [5.41, 5.74) is 1.41. The van der Waals surface area contributed by atoms with Crippen molar-refractivity contribution in [1.82, 2.24) is 9.97 Å². The van der Waals surface area contributed by atoms with Gasteiger partial charge in [0.2, 0.25) is 5.91 Å². The molecule has 1 amide bonds. The number of aromatic amines is 1. The molecule has 36 heavy (non-hydrogen) atoms. The van der Waals surface area contributed by atoms with Gasteiger partial charge in [-0.3, -0.25) is 9.59 Å². The molecular formula is C27H20ClN5O3. The normalized spacial score (nSPS) is 20.4. The minimum atomic E-state index is -0.895. The zero-order valence-corrected chi connectivity index (χ0v) is 19.7. The van der Waals surface area contributed by atoms with Crippen LogP contribution in [0.1, 0.15) is 35.2 Å². The van der Waals surface area contributed by atoms with Crippen LogP contribution in [0, 0.1) is 17.2 Å². The highest BCUT2D eigenvalue weighted by atomic mass is 35.5. The number of anilines is 2. The predicted octanol–water partition coefficient (Wildman–Crippen LogP) is 5.67. The van der Waals surface area contributed by atoms with E-state index in [0.29, 0.717) is 64.3 Å². The Morgan fingerprint density at radius 2 is 2.00 bits per heavy atom. The zero-order valence-electron chi connectivity index (χ0n) is 19.0. The maximum Gasteiger partial charge on any atom is 0.250 e. The number of aromatic nitrogens is 2. The molecule has 1 aliphatic carbocycles. The Balaban J connectivity index is 1.37. The van der Waals surface area contributed by atoms with Crippen molar-refractivity contribution in [2.45, 2.75) is 24.8 Å². The number of rotatable bonds is 4. The van der Waals surface area contributed by atoms with Gasteiger partial charge in [0, 0.05) is 23.7 Å². The Hall–Kier alpha value is -4.35. The van der Waals surface area contributed by atoms with Crippen LogP contribution in [0.15, 0.2) is 60.9 Å². The number of H-pyrrole nitrogens is 1. The lowest BCUT2D eigenvalue weighted by atomic mass is 9.91. The molecule has 2 aromatic carbocycles. The fourth-order valence-electron chi connectivity index (χ4n) is 5.03. The number of pyridine rings is 1. The van der Waals surface area contributed by atoms with Crippen LogP contribution in [0.2, 0.25) is 5.02 Å². The van der Waals surface area contributed by atoms with Gasteiger partial charge in [0.1, 0.15) is 22.7 Å². The number of carbonyl (C=O) groups excluding carboxylic acids is 2. The van der Waals surface area contributed by atoms with Gasteiger partial charge in [-0.1, -0.05) is 29.8 Å². The van der Waals surface area contributed by atoms with E-state index in [1.165, 1.54) is 0 Å². The van der Waals surface area contributed by atoms with Crippen molar-refractivity contribution in [3.8, 4) is 17.6 Å². The highest BCUT2D eigenvalue weighted by Crippen LogP contribution is 2.45. The van der Waals surface area contributed by atoms with E-state index >= 15 is 0 Å². The number of amides is 1. The van der Waals surface area contributed by atoms with Gasteiger partial charge in [0.25, 0.3) is 0 Å². The van der Waals surface area contributed by atoms with Gasteiger partial charge in [-0.05, 0) is 43.5 Å². The minimum absolute atomic E-state index is 0.186. The minimum Gasteiger partial charge on any atom is -0.457 e. The predicted molar refractivity (Wildman–Crippen MR) is 135 cm³/mol. The van der Waals surface area contributed by atoms with Gasteiger partial charge in [-0.2, -0.15) is 5.26 Å². The summed E-state index contributed by atoms with van der Waals surface area (Å²) in [5, 5.41) is 16.5. The quantitative estimate of drug-likeness (QED) is 0.313. The molecule has 0 bridgehead atoms. The highest BCUT2D eigenvalue weighted by molar-refractivity contribution is 6.36. The first-order valence-electron chi connectivity index (χ1n) is 11.5. The van der Waals surface area contributed by atoms with E-state index in [-0.39, 0.29) is 22.6 Å². The molecular weight excluding hydrogens is 478 g/mol. The van der Waals surface area contributed by atoms with E-state index in [1.807, 2.05) is 30.3 Å². The SMILES string of the molecule is N#CC1CCC2(C1)Nc1c(cnc3[nH]cc(C(=O)c4ccc(Oc5ccccc5)cc4Cl)c13)NC2=O. The fraction of sp³-hybridized carbons (Fsp3) is 0.185. The van der Waals surface area contributed by atoms with Gasteiger partial charge in [-0.25, -0.2) is 4.98 Å². The van der Waals surface area contributed by atoms with Crippen molar-refractivity contribution < 1.29 is 14.3 Å². The number of nitrogens with zero attached hydrogens (tertiary/aromatic N) is 2. The summed E-state index contributed by atoms with van der Waals surface area (Å²) in [5.74, 6) is 0.496. The third kappa shape index (κ3) is 3.56. The first-order valence-corrected chi connectivity index (χ1v) is 11.9. The van der Waals surface area contributed by atoms with Gasteiger partial charge in [-0.15, -0.1) is 0 Å². The second-order valence-electron chi connectivity index (χ2n) is 9.09.